The van der Waals surface area contributed by atoms with Gasteiger partial charge in [-0.05, 0) is 38.1 Å². The van der Waals surface area contributed by atoms with Gasteiger partial charge in [0.2, 0.25) is 10.0 Å². The Kier molecular flexibility index (Phi) is 4.91. The molecule has 2 aromatic carbocycles. The van der Waals surface area contributed by atoms with E-state index in [1.54, 1.807) is 13.0 Å². The van der Waals surface area contributed by atoms with E-state index in [-0.39, 0.29) is 4.90 Å². The van der Waals surface area contributed by atoms with E-state index in [1.165, 1.54) is 12.1 Å². The van der Waals surface area contributed by atoms with Crippen molar-refractivity contribution in [3.05, 3.63) is 48.2 Å². The van der Waals surface area contributed by atoms with E-state index < -0.39 is 16.1 Å². The molecule has 1 aliphatic heterocycles. The number of furan rings is 1. The van der Waals surface area contributed by atoms with Crippen LogP contribution in [0.25, 0.3) is 11.0 Å². The Hall–Kier alpha value is -2.71. The summed E-state index contributed by atoms with van der Waals surface area (Å²) in [5.74, 6) is 2.10. The molecule has 0 saturated heterocycles. The zero-order valence-electron chi connectivity index (χ0n) is 15.6. The van der Waals surface area contributed by atoms with Crippen LogP contribution in [-0.2, 0) is 10.0 Å². The third-order valence-corrected chi connectivity index (χ3v) is 5.95. The molecule has 1 atom stereocenters. The smallest absolute Gasteiger partial charge is 0.241 e. The maximum absolute atomic E-state index is 12.8. The minimum Gasteiger partial charge on any atom is -0.490 e. The van der Waals surface area contributed by atoms with Gasteiger partial charge < -0.3 is 18.6 Å². The second-order valence-electron chi connectivity index (χ2n) is 6.40. The van der Waals surface area contributed by atoms with Crippen LogP contribution in [0.1, 0.15) is 25.6 Å². The lowest BCUT2D eigenvalue weighted by atomic mass is 10.2. The molecule has 0 radical (unpaired) electrons. The molecule has 0 aliphatic carbocycles. The molecule has 0 fully saturated rings. The molecule has 0 bridgehead atoms. The number of hydrogen-bond acceptors (Lipinski definition) is 6. The van der Waals surface area contributed by atoms with Gasteiger partial charge in [0.05, 0.1) is 17.5 Å². The molecule has 28 heavy (non-hydrogen) atoms. The average molecular weight is 403 g/mol. The van der Waals surface area contributed by atoms with Crippen LogP contribution in [-0.4, -0.2) is 28.2 Å². The van der Waals surface area contributed by atoms with Crippen molar-refractivity contribution in [2.24, 2.45) is 0 Å². The standard InChI is InChI=1S/C20H21NO6S/c1-3-24-17-6-4-5-14-11-18(27-20(14)17)13(2)21-28(22,23)15-7-8-16-19(12-15)26-10-9-25-16/h4-8,11-13,21H,3,9-10H2,1-2H3/t13-/m1/s1. The molecule has 7 nitrogen and oxygen atoms in total. The van der Waals surface area contributed by atoms with Gasteiger partial charge in [0.1, 0.15) is 19.0 Å². The summed E-state index contributed by atoms with van der Waals surface area (Å²) in [4.78, 5) is 0.106. The molecule has 2 heterocycles. The fourth-order valence-electron chi connectivity index (χ4n) is 3.09. The Balaban J connectivity index is 1.59. The average Bonchev–Trinajstić information content (AvgIpc) is 3.13. The molecule has 0 saturated carbocycles. The number of ether oxygens (including phenoxy) is 3. The molecule has 0 amide bonds. The van der Waals surface area contributed by atoms with Crippen molar-refractivity contribution in [1.82, 2.24) is 4.72 Å². The van der Waals surface area contributed by atoms with Gasteiger partial charge >= 0.3 is 0 Å². The van der Waals surface area contributed by atoms with Crippen molar-refractivity contribution < 1.29 is 27.0 Å². The SMILES string of the molecule is CCOc1cccc2cc([C@@H](C)NS(=O)(=O)c3ccc4c(c3)OCCO4)oc12. The number of fused-ring (bicyclic) bond motifs is 2. The molecular formula is C20H21NO6S. The van der Waals surface area contributed by atoms with Crippen molar-refractivity contribution >= 4 is 21.0 Å². The van der Waals surface area contributed by atoms with E-state index in [0.29, 0.717) is 48.4 Å². The summed E-state index contributed by atoms with van der Waals surface area (Å²) in [6.07, 6.45) is 0. The first kappa shape index (κ1) is 18.6. The highest BCUT2D eigenvalue weighted by molar-refractivity contribution is 7.89. The third kappa shape index (κ3) is 3.53. The highest BCUT2D eigenvalue weighted by Gasteiger charge is 2.24. The molecule has 148 valence electrons. The van der Waals surface area contributed by atoms with Gasteiger partial charge in [-0.1, -0.05) is 12.1 Å². The summed E-state index contributed by atoms with van der Waals surface area (Å²) in [5.41, 5.74) is 0.602. The van der Waals surface area contributed by atoms with Crippen molar-refractivity contribution in [2.75, 3.05) is 19.8 Å². The Morgan fingerprint density at radius 1 is 1.11 bits per heavy atom. The third-order valence-electron chi connectivity index (χ3n) is 4.41. The molecule has 1 aromatic heterocycles. The van der Waals surface area contributed by atoms with Gasteiger partial charge in [0.25, 0.3) is 0 Å². The topological polar surface area (TPSA) is 87.0 Å². The second-order valence-corrected chi connectivity index (χ2v) is 8.12. The molecule has 1 aliphatic rings. The summed E-state index contributed by atoms with van der Waals surface area (Å²) in [6, 6.07) is 11.4. The monoisotopic (exact) mass is 403 g/mol. The zero-order valence-corrected chi connectivity index (χ0v) is 16.4. The number of benzene rings is 2. The lowest BCUT2D eigenvalue weighted by Gasteiger charge is -2.19. The number of sulfonamides is 1. The fourth-order valence-corrected chi connectivity index (χ4v) is 4.32. The van der Waals surface area contributed by atoms with Crippen LogP contribution in [0.3, 0.4) is 0 Å². The predicted octanol–water partition coefficient (Wildman–Crippen LogP) is 3.64. The van der Waals surface area contributed by atoms with E-state index >= 15 is 0 Å². The minimum absolute atomic E-state index is 0.106. The van der Waals surface area contributed by atoms with Crippen LogP contribution in [0.15, 0.2) is 51.8 Å². The minimum atomic E-state index is -3.78. The highest BCUT2D eigenvalue weighted by Crippen LogP contribution is 2.34. The van der Waals surface area contributed by atoms with Gasteiger partial charge in [-0.25, -0.2) is 13.1 Å². The first-order chi connectivity index (χ1) is 13.5. The summed E-state index contributed by atoms with van der Waals surface area (Å²) < 4.78 is 50.7. The normalized spacial score (nSPS) is 14.8. The van der Waals surface area contributed by atoms with E-state index in [9.17, 15) is 8.42 Å². The van der Waals surface area contributed by atoms with E-state index in [0.717, 1.165) is 5.39 Å². The zero-order chi connectivity index (χ0) is 19.7. The van der Waals surface area contributed by atoms with Crippen LogP contribution in [0.4, 0.5) is 0 Å². The molecule has 3 aromatic rings. The predicted molar refractivity (Wildman–Crippen MR) is 104 cm³/mol. The first-order valence-electron chi connectivity index (χ1n) is 9.05. The van der Waals surface area contributed by atoms with Crippen molar-refractivity contribution in [1.29, 1.82) is 0 Å². The first-order valence-corrected chi connectivity index (χ1v) is 10.5. The maximum atomic E-state index is 12.8. The number of nitrogens with one attached hydrogen (secondary N) is 1. The van der Waals surface area contributed by atoms with Gasteiger partial charge in [-0.3, -0.25) is 0 Å². The lowest BCUT2D eigenvalue weighted by molar-refractivity contribution is 0.171. The largest absolute Gasteiger partial charge is 0.490 e. The summed E-state index contributed by atoms with van der Waals surface area (Å²) >= 11 is 0. The second kappa shape index (κ2) is 7.37. The highest BCUT2D eigenvalue weighted by atomic mass is 32.2. The number of hydrogen-bond donors (Lipinski definition) is 1. The van der Waals surface area contributed by atoms with E-state index in [1.807, 2.05) is 31.2 Å². The Labute approximate surface area is 163 Å². The Bertz CT molecular complexity index is 1110. The summed E-state index contributed by atoms with van der Waals surface area (Å²) in [7, 11) is -3.78. The summed E-state index contributed by atoms with van der Waals surface area (Å²) in [5, 5.41) is 0.853. The van der Waals surface area contributed by atoms with E-state index in [2.05, 4.69) is 4.72 Å². The van der Waals surface area contributed by atoms with Gasteiger partial charge in [-0.15, -0.1) is 0 Å². The lowest BCUT2D eigenvalue weighted by Crippen LogP contribution is -2.27. The molecule has 0 spiro atoms. The summed E-state index contributed by atoms with van der Waals surface area (Å²) in [6.45, 7) is 4.98. The Morgan fingerprint density at radius 2 is 1.89 bits per heavy atom. The molecule has 0 unspecified atom stereocenters. The van der Waals surface area contributed by atoms with Crippen LogP contribution in [0, 0.1) is 0 Å². The molecule has 8 heteroatoms. The fraction of sp³-hybridized carbons (Fsp3) is 0.300. The molecule has 1 N–H and O–H groups in total. The van der Waals surface area contributed by atoms with Crippen molar-refractivity contribution in [2.45, 2.75) is 24.8 Å². The maximum Gasteiger partial charge on any atom is 0.241 e. The van der Waals surface area contributed by atoms with Gasteiger partial charge in [0, 0.05) is 11.5 Å². The van der Waals surface area contributed by atoms with Crippen LogP contribution < -0.4 is 18.9 Å². The van der Waals surface area contributed by atoms with Crippen LogP contribution in [0.2, 0.25) is 0 Å². The molecule has 4 rings (SSSR count). The van der Waals surface area contributed by atoms with Crippen molar-refractivity contribution in [3.63, 3.8) is 0 Å². The van der Waals surface area contributed by atoms with Gasteiger partial charge in [0.15, 0.2) is 22.8 Å². The Morgan fingerprint density at radius 3 is 2.68 bits per heavy atom. The van der Waals surface area contributed by atoms with Crippen LogP contribution >= 0.6 is 0 Å². The number of para-hydroxylation sites is 1. The van der Waals surface area contributed by atoms with E-state index in [4.69, 9.17) is 18.6 Å². The molecular weight excluding hydrogens is 382 g/mol. The van der Waals surface area contributed by atoms with Crippen LogP contribution in [0.5, 0.6) is 17.2 Å². The quantitative estimate of drug-likeness (QED) is 0.676. The van der Waals surface area contributed by atoms with Gasteiger partial charge in [-0.2, -0.15) is 0 Å². The number of rotatable bonds is 6. The van der Waals surface area contributed by atoms with Crippen molar-refractivity contribution in [3.8, 4) is 17.2 Å².